The number of aromatic nitrogens is 1. The number of amides is 1. The minimum absolute atomic E-state index is 0.0318. The zero-order valence-corrected chi connectivity index (χ0v) is 13.3. The fraction of sp³-hybridized carbons (Fsp3) is 0.444. The lowest BCUT2D eigenvalue weighted by Crippen LogP contribution is -2.35. The van der Waals surface area contributed by atoms with E-state index in [-0.39, 0.29) is 18.4 Å². The highest BCUT2D eigenvalue weighted by Crippen LogP contribution is 2.33. The van der Waals surface area contributed by atoms with Crippen LogP contribution >= 0.6 is 0 Å². The first-order valence-electron chi connectivity index (χ1n) is 8.08. The standard InChI is InChI=1S/C18H22N2O3/c1-13-10-16(20-23-13)11-17(21)19-12-15-8-5-9-22-18(15)14-6-3-2-4-7-14/h2-4,6-7,10,15,18H,5,8-9,11-12H2,1H3,(H,19,21). The number of carbonyl (C=O) groups is 1. The lowest BCUT2D eigenvalue weighted by Gasteiger charge is -2.32. The van der Waals surface area contributed by atoms with E-state index in [0.29, 0.717) is 18.2 Å². The molecule has 1 aliphatic rings. The van der Waals surface area contributed by atoms with Gasteiger partial charge in [0.15, 0.2) is 0 Å². The van der Waals surface area contributed by atoms with Crippen LogP contribution in [0.4, 0.5) is 0 Å². The van der Waals surface area contributed by atoms with Gasteiger partial charge in [0.2, 0.25) is 5.91 Å². The van der Waals surface area contributed by atoms with Gasteiger partial charge in [-0.3, -0.25) is 4.79 Å². The van der Waals surface area contributed by atoms with Crippen molar-refractivity contribution < 1.29 is 14.1 Å². The summed E-state index contributed by atoms with van der Waals surface area (Å²) in [6.07, 6.45) is 2.40. The van der Waals surface area contributed by atoms with Crippen LogP contribution in [0.3, 0.4) is 0 Å². The van der Waals surface area contributed by atoms with Gasteiger partial charge in [-0.05, 0) is 25.3 Å². The second kappa shape index (κ2) is 7.42. The predicted octanol–water partition coefficient (Wildman–Crippen LogP) is 2.81. The zero-order valence-electron chi connectivity index (χ0n) is 13.3. The molecule has 23 heavy (non-hydrogen) atoms. The molecule has 1 fully saturated rings. The van der Waals surface area contributed by atoms with Crippen LogP contribution in [0.25, 0.3) is 0 Å². The Hall–Kier alpha value is -2.14. The first-order chi connectivity index (χ1) is 11.2. The summed E-state index contributed by atoms with van der Waals surface area (Å²) in [5.41, 5.74) is 1.85. The molecule has 1 aliphatic heterocycles. The monoisotopic (exact) mass is 314 g/mol. The largest absolute Gasteiger partial charge is 0.373 e. The van der Waals surface area contributed by atoms with Gasteiger partial charge in [-0.15, -0.1) is 0 Å². The number of nitrogens with zero attached hydrogens (tertiary/aromatic N) is 1. The van der Waals surface area contributed by atoms with Gasteiger partial charge in [-0.1, -0.05) is 35.5 Å². The first kappa shape index (κ1) is 15.7. The highest BCUT2D eigenvalue weighted by molar-refractivity contribution is 5.78. The molecule has 2 heterocycles. The summed E-state index contributed by atoms with van der Waals surface area (Å²) in [5, 5.41) is 6.86. The smallest absolute Gasteiger partial charge is 0.226 e. The molecule has 0 saturated carbocycles. The van der Waals surface area contributed by atoms with Crippen LogP contribution < -0.4 is 5.32 Å². The van der Waals surface area contributed by atoms with Crippen molar-refractivity contribution in [3.05, 3.63) is 53.4 Å². The third kappa shape index (κ3) is 4.20. The van der Waals surface area contributed by atoms with E-state index >= 15 is 0 Å². The Labute approximate surface area is 136 Å². The summed E-state index contributed by atoms with van der Waals surface area (Å²) < 4.78 is 10.9. The summed E-state index contributed by atoms with van der Waals surface area (Å²) in [4.78, 5) is 12.1. The highest BCUT2D eigenvalue weighted by Gasteiger charge is 2.27. The van der Waals surface area contributed by atoms with Crippen LogP contribution in [0.5, 0.6) is 0 Å². The zero-order chi connectivity index (χ0) is 16.1. The van der Waals surface area contributed by atoms with Gasteiger partial charge in [0.1, 0.15) is 5.76 Å². The average Bonchev–Trinajstić information content (AvgIpc) is 2.99. The van der Waals surface area contributed by atoms with Crippen molar-refractivity contribution in [2.75, 3.05) is 13.2 Å². The van der Waals surface area contributed by atoms with Crippen molar-refractivity contribution in [2.24, 2.45) is 5.92 Å². The Balaban J connectivity index is 1.56. The van der Waals surface area contributed by atoms with Gasteiger partial charge >= 0.3 is 0 Å². The first-order valence-corrected chi connectivity index (χ1v) is 8.08. The van der Waals surface area contributed by atoms with E-state index in [1.54, 1.807) is 6.07 Å². The van der Waals surface area contributed by atoms with Gasteiger partial charge in [0.05, 0.1) is 18.2 Å². The molecule has 5 heteroatoms. The van der Waals surface area contributed by atoms with Gasteiger partial charge in [-0.25, -0.2) is 0 Å². The van der Waals surface area contributed by atoms with Crippen LogP contribution in [0.15, 0.2) is 40.9 Å². The lowest BCUT2D eigenvalue weighted by molar-refractivity contribution is -0.121. The van der Waals surface area contributed by atoms with Crippen LogP contribution in [0.2, 0.25) is 0 Å². The molecule has 1 aromatic heterocycles. The third-order valence-corrected chi connectivity index (χ3v) is 4.15. The number of rotatable bonds is 5. The van der Waals surface area contributed by atoms with E-state index in [2.05, 4.69) is 22.6 Å². The van der Waals surface area contributed by atoms with Crippen molar-refractivity contribution in [1.82, 2.24) is 10.5 Å². The number of ether oxygens (including phenoxy) is 1. The molecule has 3 rings (SSSR count). The van der Waals surface area contributed by atoms with E-state index in [1.165, 1.54) is 5.56 Å². The Bertz CT molecular complexity index is 639. The Kier molecular flexibility index (Phi) is 5.08. The van der Waals surface area contributed by atoms with E-state index in [1.807, 2.05) is 25.1 Å². The molecule has 0 radical (unpaired) electrons. The van der Waals surface area contributed by atoms with Gasteiger partial charge < -0.3 is 14.6 Å². The lowest BCUT2D eigenvalue weighted by atomic mass is 9.89. The third-order valence-electron chi connectivity index (χ3n) is 4.15. The van der Waals surface area contributed by atoms with Crippen molar-refractivity contribution in [3.8, 4) is 0 Å². The summed E-state index contributed by atoms with van der Waals surface area (Å²) in [6.45, 7) is 3.22. The summed E-state index contributed by atoms with van der Waals surface area (Å²) in [5.74, 6) is 0.988. The molecule has 2 unspecified atom stereocenters. The Morgan fingerprint density at radius 1 is 1.35 bits per heavy atom. The average molecular weight is 314 g/mol. The van der Waals surface area contributed by atoms with Crippen molar-refractivity contribution in [1.29, 1.82) is 0 Å². The fourth-order valence-corrected chi connectivity index (χ4v) is 3.04. The SMILES string of the molecule is Cc1cc(CC(=O)NCC2CCCOC2c2ccccc2)no1. The Morgan fingerprint density at radius 2 is 2.17 bits per heavy atom. The molecule has 2 atom stereocenters. The number of hydrogen-bond acceptors (Lipinski definition) is 4. The van der Waals surface area contributed by atoms with Gasteiger partial charge in [0.25, 0.3) is 0 Å². The van der Waals surface area contributed by atoms with Crippen LogP contribution in [-0.4, -0.2) is 24.2 Å². The van der Waals surface area contributed by atoms with Crippen LogP contribution in [0.1, 0.15) is 36.0 Å². The maximum atomic E-state index is 12.1. The number of benzene rings is 1. The normalized spacial score (nSPS) is 21.1. The maximum Gasteiger partial charge on any atom is 0.226 e. The number of carbonyl (C=O) groups excluding carboxylic acids is 1. The molecule has 1 saturated heterocycles. The van der Waals surface area contributed by atoms with Crippen molar-refractivity contribution in [3.63, 3.8) is 0 Å². The molecule has 2 aromatic rings. The minimum atomic E-state index is -0.0318. The molecule has 1 aromatic carbocycles. The molecule has 5 nitrogen and oxygen atoms in total. The molecule has 0 spiro atoms. The van der Waals surface area contributed by atoms with Gasteiger partial charge in [0, 0.05) is 25.1 Å². The molecular formula is C18H22N2O3. The van der Waals surface area contributed by atoms with E-state index < -0.39 is 0 Å². The maximum absolute atomic E-state index is 12.1. The second-order valence-corrected chi connectivity index (χ2v) is 6.01. The van der Waals surface area contributed by atoms with E-state index in [9.17, 15) is 4.79 Å². The molecular weight excluding hydrogens is 292 g/mol. The molecule has 0 aliphatic carbocycles. The topological polar surface area (TPSA) is 64.4 Å². The molecule has 1 N–H and O–H groups in total. The number of aryl methyl sites for hydroxylation is 1. The molecule has 0 bridgehead atoms. The minimum Gasteiger partial charge on any atom is -0.373 e. The van der Waals surface area contributed by atoms with Crippen molar-refractivity contribution >= 4 is 5.91 Å². The summed E-state index contributed by atoms with van der Waals surface area (Å²) >= 11 is 0. The van der Waals surface area contributed by atoms with Gasteiger partial charge in [-0.2, -0.15) is 0 Å². The van der Waals surface area contributed by atoms with Crippen molar-refractivity contribution in [2.45, 2.75) is 32.3 Å². The fourth-order valence-electron chi connectivity index (χ4n) is 3.04. The number of hydrogen-bond donors (Lipinski definition) is 1. The predicted molar refractivity (Wildman–Crippen MR) is 85.8 cm³/mol. The van der Waals surface area contributed by atoms with Crippen LogP contribution in [-0.2, 0) is 16.0 Å². The second-order valence-electron chi connectivity index (χ2n) is 6.01. The van der Waals surface area contributed by atoms with Crippen LogP contribution in [0, 0.1) is 12.8 Å². The highest BCUT2D eigenvalue weighted by atomic mass is 16.5. The summed E-state index contributed by atoms with van der Waals surface area (Å²) in [7, 11) is 0. The van der Waals surface area contributed by atoms with E-state index in [0.717, 1.165) is 25.2 Å². The van der Waals surface area contributed by atoms with E-state index in [4.69, 9.17) is 9.26 Å². The Morgan fingerprint density at radius 3 is 2.91 bits per heavy atom. The number of nitrogens with one attached hydrogen (secondary N) is 1. The molecule has 122 valence electrons. The summed E-state index contributed by atoms with van der Waals surface area (Å²) in [6, 6.07) is 12.0. The quantitative estimate of drug-likeness (QED) is 0.921. The molecule has 1 amide bonds.